The van der Waals surface area contributed by atoms with Gasteiger partial charge in [-0.2, -0.15) is 0 Å². The van der Waals surface area contributed by atoms with Gasteiger partial charge in [-0.3, -0.25) is 0 Å². The van der Waals surface area contributed by atoms with Crippen molar-refractivity contribution < 1.29 is 0 Å². The third kappa shape index (κ3) is 3.26. The van der Waals surface area contributed by atoms with E-state index < -0.39 is 0 Å². The number of nitrogens with zero attached hydrogens (tertiary/aromatic N) is 1. The van der Waals surface area contributed by atoms with Crippen molar-refractivity contribution in [3.63, 3.8) is 0 Å². The normalized spacial score (nSPS) is 18.7. The van der Waals surface area contributed by atoms with Crippen LogP contribution in [0.1, 0.15) is 30.7 Å². The number of thiazole rings is 1. The zero-order valence-corrected chi connectivity index (χ0v) is 9.85. The monoisotopic (exact) mass is 225 g/mol. The molecule has 4 heteroatoms. The standard InChI is InChI=1S/C11H19N3S/c12-11(3-1-4-11)5-7-13-6-2-10-14-8-9-15-10/h8-9,13H,1-7,12H2. The molecule has 0 saturated heterocycles. The lowest BCUT2D eigenvalue weighted by atomic mass is 9.75. The van der Waals surface area contributed by atoms with Gasteiger partial charge in [-0.05, 0) is 32.2 Å². The van der Waals surface area contributed by atoms with Crippen LogP contribution in [-0.2, 0) is 6.42 Å². The van der Waals surface area contributed by atoms with Crippen LogP contribution in [0.3, 0.4) is 0 Å². The summed E-state index contributed by atoms with van der Waals surface area (Å²) in [6.45, 7) is 2.06. The quantitative estimate of drug-likeness (QED) is 0.722. The molecule has 1 aliphatic rings. The van der Waals surface area contributed by atoms with Gasteiger partial charge in [-0.1, -0.05) is 0 Å². The van der Waals surface area contributed by atoms with Gasteiger partial charge in [-0.15, -0.1) is 11.3 Å². The summed E-state index contributed by atoms with van der Waals surface area (Å²) >= 11 is 1.73. The summed E-state index contributed by atoms with van der Waals surface area (Å²) in [4.78, 5) is 4.24. The zero-order valence-electron chi connectivity index (χ0n) is 9.04. The molecule has 1 aromatic heterocycles. The summed E-state index contributed by atoms with van der Waals surface area (Å²) in [6, 6.07) is 0. The Morgan fingerprint density at radius 2 is 2.33 bits per heavy atom. The molecule has 0 unspecified atom stereocenters. The number of nitrogens with two attached hydrogens (primary N) is 1. The molecule has 2 rings (SSSR count). The van der Waals surface area contributed by atoms with Crippen LogP contribution in [0.15, 0.2) is 11.6 Å². The Morgan fingerprint density at radius 3 is 2.93 bits per heavy atom. The van der Waals surface area contributed by atoms with Crippen LogP contribution < -0.4 is 11.1 Å². The molecule has 15 heavy (non-hydrogen) atoms. The van der Waals surface area contributed by atoms with Crippen LogP contribution in [0.25, 0.3) is 0 Å². The van der Waals surface area contributed by atoms with Gasteiger partial charge in [0.2, 0.25) is 0 Å². The van der Waals surface area contributed by atoms with E-state index in [1.807, 2.05) is 11.6 Å². The second-order valence-corrected chi connectivity index (χ2v) is 5.37. The second kappa shape index (κ2) is 5.05. The Hall–Kier alpha value is -0.450. The first-order valence-electron chi connectivity index (χ1n) is 5.66. The van der Waals surface area contributed by atoms with E-state index in [1.165, 1.54) is 24.3 Å². The zero-order chi connectivity index (χ0) is 10.6. The number of hydrogen-bond acceptors (Lipinski definition) is 4. The van der Waals surface area contributed by atoms with Crippen LogP contribution in [-0.4, -0.2) is 23.6 Å². The van der Waals surface area contributed by atoms with Crippen LogP contribution in [0.2, 0.25) is 0 Å². The molecular formula is C11H19N3S. The van der Waals surface area contributed by atoms with E-state index in [0.717, 1.165) is 25.9 Å². The first-order valence-corrected chi connectivity index (χ1v) is 6.54. The SMILES string of the molecule is NC1(CCNCCc2nccs2)CCC1. The molecule has 84 valence electrons. The van der Waals surface area contributed by atoms with Gasteiger partial charge < -0.3 is 11.1 Å². The fourth-order valence-corrected chi connectivity index (χ4v) is 2.54. The summed E-state index contributed by atoms with van der Waals surface area (Å²) in [6.07, 6.45) is 7.75. The van der Waals surface area contributed by atoms with Crippen molar-refractivity contribution in [2.24, 2.45) is 5.73 Å². The molecule has 0 amide bonds. The van der Waals surface area contributed by atoms with Gasteiger partial charge in [-0.25, -0.2) is 4.98 Å². The molecule has 1 fully saturated rings. The molecule has 0 atom stereocenters. The van der Waals surface area contributed by atoms with Crippen LogP contribution in [0, 0.1) is 0 Å². The van der Waals surface area contributed by atoms with Crippen molar-refractivity contribution >= 4 is 11.3 Å². The lowest BCUT2D eigenvalue weighted by Gasteiger charge is -2.38. The van der Waals surface area contributed by atoms with Crippen molar-refractivity contribution in [2.45, 2.75) is 37.6 Å². The Labute approximate surface area is 95.1 Å². The summed E-state index contributed by atoms with van der Waals surface area (Å²) < 4.78 is 0. The van der Waals surface area contributed by atoms with E-state index >= 15 is 0 Å². The fraction of sp³-hybridized carbons (Fsp3) is 0.727. The smallest absolute Gasteiger partial charge is 0.0937 e. The number of nitrogens with one attached hydrogen (secondary N) is 1. The summed E-state index contributed by atoms with van der Waals surface area (Å²) in [5, 5.41) is 6.68. The minimum atomic E-state index is 0.161. The van der Waals surface area contributed by atoms with Gasteiger partial charge in [0.05, 0.1) is 5.01 Å². The Balaban J connectivity index is 1.52. The molecule has 3 N–H and O–H groups in total. The van der Waals surface area contributed by atoms with E-state index in [0.29, 0.717) is 0 Å². The van der Waals surface area contributed by atoms with Gasteiger partial charge in [0.1, 0.15) is 0 Å². The third-order valence-electron chi connectivity index (χ3n) is 3.15. The largest absolute Gasteiger partial charge is 0.325 e. The topological polar surface area (TPSA) is 50.9 Å². The number of hydrogen-bond donors (Lipinski definition) is 2. The maximum atomic E-state index is 6.13. The molecule has 3 nitrogen and oxygen atoms in total. The minimum absolute atomic E-state index is 0.161. The molecule has 0 aromatic carbocycles. The van der Waals surface area contributed by atoms with E-state index in [1.54, 1.807) is 11.3 Å². The maximum Gasteiger partial charge on any atom is 0.0937 e. The minimum Gasteiger partial charge on any atom is -0.325 e. The molecule has 0 spiro atoms. The molecule has 0 aliphatic heterocycles. The molecule has 1 aromatic rings. The molecule has 0 radical (unpaired) electrons. The third-order valence-corrected chi connectivity index (χ3v) is 3.99. The molecule has 1 heterocycles. The number of aromatic nitrogens is 1. The molecule has 1 saturated carbocycles. The van der Waals surface area contributed by atoms with Crippen LogP contribution >= 0.6 is 11.3 Å². The lowest BCUT2D eigenvalue weighted by Crippen LogP contribution is -2.48. The van der Waals surface area contributed by atoms with Gasteiger partial charge in [0.25, 0.3) is 0 Å². The summed E-state index contributed by atoms with van der Waals surface area (Å²) in [5.41, 5.74) is 6.29. The van der Waals surface area contributed by atoms with E-state index in [9.17, 15) is 0 Å². The Morgan fingerprint density at radius 1 is 1.47 bits per heavy atom. The van der Waals surface area contributed by atoms with Crippen molar-refractivity contribution in [2.75, 3.05) is 13.1 Å². The first-order chi connectivity index (χ1) is 7.29. The average molecular weight is 225 g/mol. The molecular weight excluding hydrogens is 206 g/mol. The van der Waals surface area contributed by atoms with Crippen molar-refractivity contribution in [3.05, 3.63) is 16.6 Å². The molecule has 0 bridgehead atoms. The van der Waals surface area contributed by atoms with E-state index in [4.69, 9.17) is 5.73 Å². The second-order valence-electron chi connectivity index (χ2n) is 4.39. The Kier molecular flexibility index (Phi) is 3.72. The summed E-state index contributed by atoms with van der Waals surface area (Å²) in [5.74, 6) is 0. The number of rotatable bonds is 6. The van der Waals surface area contributed by atoms with Crippen molar-refractivity contribution in [3.8, 4) is 0 Å². The average Bonchev–Trinajstić information content (AvgIpc) is 2.67. The molecule has 1 aliphatic carbocycles. The Bertz CT molecular complexity index is 280. The lowest BCUT2D eigenvalue weighted by molar-refractivity contribution is 0.230. The maximum absolute atomic E-state index is 6.13. The summed E-state index contributed by atoms with van der Waals surface area (Å²) in [7, 11) is 0. The fourth-order valence-electron chi connectivity index (χ4n) is 1.91. The highest BCUT2D eigenvalue weighted by Gasteiger charge is 2.31. The van der Waals surface area contributed by atoms with E-state index in [2.05, 4.69) is 10.3 Å². The van der Waals surface area contributed by atoms with Crippen LogP contribution in [0.5, 0.6) is 0 Å². The van der Waals surface area contributed by atoms with Gasteiger partial charge in [0, 0.05) is 30.1 Å². The first kappa shape index (κ1) is 11.0. The predicted molar refractivity (Wildman–Crippen MR) is 64.1 cm³/mol. The highest BCUT2D eigenvalue weighted by atomic mass is 32.1. The van der Waals surface area contributed by atoms with Crippen molar-refractivity contribution in [1.29, 1.82) is 0 Å². The van der Waals surface area contributed by atoms with Gasteiger partial charge >= 0.3 is 0 Å². The van der Waals surface area contributed by atoms with E-state index in [-0.39, 0.29) is 5.54 Å². The van der Waals surface area contributed by atoms with Gasteiger partial charge in [0.15, 0.2) is 0 Å². The van der Waals surface area contributed by atoms with Crippen LogP contribution in [0.4, 0.5) is 0 Å². The van der Waals surface area contributed by atoms with Crippen molar-refractivity contribution in [1.82, 2.24) is 10.3 Å². The highest BCUT2D eigenvalue weighted by Crippen LogP contribution is 2.31. The predicted octanol–water partition coefficient (Wildman–Crippen LogP) is 1.55. The highest BCUT2D eigenvalue weighted by molar-refractivity contribution is 7.09.